The fourth-order valence-corrected chi connectivity index (χ4v) is 3.61. The van der Waals surface area contributed by atoms with Crippen molar-refractivity contribution in [3.05, 3.63) is 24.8 Å². The molecule has 0 aromatic carbocycles. The van der Waals surface area contributed by atoms with Crippen LogP contribution in [-0.4, -0.2) is 42.9 Å². The van der Waals surface area contributed by atoms with E-state index in [1.807, 2.05) is 41.7 Å². The molecule has 1 saturated carbocycles. The summed E-state index contributed by atoms with van der Waals surface area (Å²) < 4.78 is 10.2. The van der Waals surface area contributed by atoms with Crippen molar-refractivity contribution < 1.29 is 9.53 Å². The third kappa shape index (κ3) is 2.94. The second kappa shape index (κ2) is 6.07. The maximum atomic E-state index is 11.5. The smallest absolute Gasteiger partial charge is 0.241 e. The molecule has 4 heterocycles. The van der Waals surface area contributed by atoms with Crippen molar-refractivity contribution in [3.63, 3.8) is 0 Å². The second-order valence-corrected chi connectivity index (χ2v) is 7.57. The molecule has 8 heteroatoms. The van der Waals surface area contributed by atoms with Gasteiger partial charge in [0.25, 0.3) is 0 Å². The van der Waals surface area contributed by atoms with Crippen LogP contribution in [0.2, 0.25) is 0 Å². The summed E-state index contributed by atoms with van der Waals surface area (Å²) in [6.07, 6.45) is 8.40. The molecule has 27 heavy (non-hydrogen) atoms. The van der Waals surface area contributed by atoms with Crippen LogP contribution in [0.25, 0.3) is 22.3 Å². The number of ether oxygens (including phenoxy) is 1. The number of imidazole rings is 1. The summed E-state index contributed by atoms with van der Waals surface area (Å²) >= 11 is 0. The molecule has 0 unspecified atom stereocenters. The van der Waals surface area contributed by atoms with Gasteiger partial charge in [-0.3, -0.25) is 9.48 Å². The lowest BCUT2D eigenvalue weighted by Crippen LogP contribution is -2.26. The van der Waals surface area contributed by atoms with E-state index in [0.717, 1.165) is 22.3 Å². The van der Waals surface area contributed by atoms with Crippen LogP contribution in [-0.2, 0) is 11.8 Å². The Labute approximate surface area is 156 Å². The average Bonchev–Trinajstić information content (AvgIpc) is 3.05. The molecule has 1 amide bonds. The molecule has 0 spiro atoms. The number of carbonyl (C=O) groups is 1. The summed E-state index contributed by atoms with van der Waals surface area (Å²) in [6, 6.07) is 2.50. The number of amides is 1. The maximum absolute atomic E-state index is 11.5. The van der Waals surface area contributed by atoms with Crippen molar-refractivity contribution in [3.8, 4) is 17.1 Å². The standard InChI is InChI=1S/C19H22N6O2/c1-11(12-5-17(26)20-7-12)27-19-18-16(21-10-24(18)2)6-15(23-19)13-8-22-25(9-13)14-3-4-14/h6,8-12,14H,3-5,7H2,1-2H3,(H,20,26)/t11-,12-/m1/s1. The lowest BCUT2D eigenvalue weighted by molar-refractivity contribution is -0.119. The SMILES string of the molecule is C[C@@H](Oc1nc(-c2cnn(C3CC3)c2)cc2ncn(C)c12)[C@H]1CNC(=O)C1. The molecule has 8 nitrogen and oxygen atoms in total. The van der Waals surface area contributed by atoms with Crippen molar-refractivity contribution in [2.24, 2.45) is 13.0 Å². The van der Waals surface area contributed by atoms with Gasteiger partial charge in [-0.05, 0) is 25.8 Å². The predicted molar refractivity (Wildman–Crippen MR) is 99.2 cm³/mol. The monoisotopic (exact) mass is 366 g/mol. The first-order chi connectivity index (χ1) is 13.1. The zero-order chi connectivity index (χ0) is 18.5. The van der Waals surface area contributed by atoms with E-state index in [2.05, 4.69) is 15.4 Å². The number of hydrogen-bond donors (Lipinski definition) is 1. The number of nitrogens with one attached hydrogen (secondary N) is 1. The van der Waals surface area contributed by atoms with Crippen molar-refractivity contribution >= 4 is 16.9 Å². The molecule has 2 atom stereocenters. The molecule has 3 aromatic rings. The number of pyridine rings is 1. The molecule has 0 radical (unpaired) electrons. The highest BCUT2D eigenvalue weighted by Crippen LogP contribution is 2.36. The third-order valence-electron chi connectivity index (χ3n) is 5.45. The molecule has 0 bridgehead atoms. The van der Waals surface area contributed by atoms with Crippen molar-refractivity contribution in [2.75, 3.05) is 6.54 Å². The Morgan fingerprint density at radius 3 is 2.96 bits per heavy atom. The van der Waals surface area contributed by atoms with Gasteiger partial charge >= 0.3 is 0 Å². The van der Waals surface area contributed by atoms with Crippen LogP contribution in [0.5, 0.6) is 5.88 Å². The van der Waals surface area contributed by atoms with Crippen molar-refractivity contribution in [2.45, 2.75) is 38.3 Å². The summed E-state index contributed by atoms with van der Waals surface area (Å²) in [5.41, 5.74) is 3.46. The van der Waals surface area contributed by atoms with E-state index in [4.69, 9.17) is 9.72 Å². The molecule has 2 fully saturated rings. The zero-order valence-corrected chi connectivity index (χ0v) is 15.4. The molecule has 1 saturated heterocycles. The Morgan fingerprint density at radius 1 is 1.37 bits per heavy atom. The largest absolute Gasteiger partial charge is 0.473 e. The molecule has 1 N–H and O–H groups in total. The molecule has 140 valence electrons. The van der Waals surface area contributed by atoms with E-state index in [0.29, 0.717) is 24.9 Å². The highest BCUT2D eigenvalue weighted by molar-refractivity contribution is 5.84. The Kier molecular flexibility index (Phi) is 3.66. The first-order valence-corrected chi connectivity index (χ1v) is 9.38. The molecule has 1 aliphatic carbocycles. The van der Waals surface area contributed by atoms with E-state index in [9.17, 15) is 4.79 Å². The van der Waals surface area contributed by atoms with Gasteiger partial charge in [-0.2, -0.15) is 5.10 Å². The third-order valence-corrected chi connectivity index (χ3v) is 5.45. The topological polar surface area (TPSA) is 86.9 Å². The van der Waals surface area contributed by atoms with Crippen LogP contribution in [0.1, 0.15) is 32.2 Å². The minimum Gasteiger partial charge on any atom is -0.473 e. The van der Waals surface area contributed by atoms with E-state index in [-0.39, 0.29) is 17.9 Å². The molecule has 5 rings (SSSR count). The van der Waals surface area contributed by atoms with Gasteiger partial charge in [0.1, 0.15) is 11.6 Å². The van der Waals surface area contributed by atoms with Gasteiger partial charge in [-0.1, -0.05) is 0 Å². The zero-order valence-electron chi connectivity index (χ0n) is 15.4. The number of hydrogen-bond acceptors (Lipinski definition) is 5. The predicted octanol–water partition coefficient (Wildman–Crippen LogP) is 2.07. The fraction of sp³-hybridized carbons (Fsp3) is 0.474. The number of rotatable bonds is 5. The average molecular weight is 366 g/mol. The highest BCUT2D eigenvalue weighted by atomic mass is 16.5. The lowest BCUT2D eigenvalue weighted by Gasteiger charge is -2.20. The van der Waals surface area contributed by atoms with Gasteiger partial charge in [-0.25, -0.2) is 9.97 Å². The summed E-state index contributed by atoms with van der Waals surface area (Å²) in [7, 11) is 1.93. The first-order valence-electron chi connectivity index (χ1n) is 9.38. The van der Waals surface area contributed by atoms with Gasteiger partial charge in [0.15, 0.2) is 0 Å². The van der Waals surface area contributed by atoms with Crippen LogP contribution in [0.15, 0.2) is 24.8 Å². The van der Waals surface area contributed by atoms with E-state index >= 15 is 0 Å². The lowest BCUT2D eigenvalue weighted by atomic mass is 10.0. The molecular formula is C19H22N6O2. The summed E-state index contributed by atoms with van der Waals surface area (Å²) in [5.74, 6) is 0.771. The van der Waals surface area contributed by atoms with Crippen LogP contribution in [0.4, 0.5) is 0 Å². The Bertz CT molecular complexity index is 1020. The Morgan fingerprint density at radius 2 is 2.22 bits per heavy atom. The molecule has 3 aromatic heterocycles. The van der Waals surface area contributed by atoms with Crippen molar-refractivity contribution in [1.29, 1.82) is 0 Å². The second-order valence-electron chi connectivity index (χ2n) is 7.57. The highest BCUT2D eigenvalue weighted by Gasteiger charge is 2.29. The number of aromatic nitrogens is 5. The minimum atomic E-state index is -0.126. The van der Waals surface area contributed by atoms with Crippen LogP contribution < -0.4 is 10.1 Å². The molecule has 1 aliphatic heterocycles. The van der Waals surface area contributed by atoms with Crippen LogP contribution in [0.3, 0.4) is 0 Å². The van der Waals surface area contributed by atoms with Gasteiger partial charge in [-0.15, -0.1) is 0 Å². The summed E-state index contributed by atoms with van der Waals surface area (Å²) in [5, 5.41) is 7.33. The Balaban J connectivity index is 1.51. The number of aryl methyl sites for hydroxylation is 1. The van der Waals surface area contributed by atoms with Gasteiger partial charge in [0.2, 0.25) is 11.8 Å². The first kappa shape index (κ1) is 16.3. The number of nitrogens with zero attached hydrogens (tertiary/aromatic N) is 5. The quantitative estimate of drug-likeness (QED) is 0.747. The van der Waals surface area contributed by atoms with Gasteiger partial charge < -0.3 is 14.6 Å². The van der Waals surface area contributed by atoms with Gasteiger partial charge in [0.05, 0.1) is 29.8 Å². The van der Waals surface area contributed by atoms with Crippen LogP contribution in [0, 0.1) is 5.92 Å². The van der Waals surface area contributed by atoms with Crippen molar-refractivity contribution in [1.82, 2.24) is 29.6 Å². The fourth-order valence-electron chi connectivity index (χ4n) is 3.61. The molecule has 2 aliphatic rings. The number of fused-ring (bicyclic) bond motifs is 1. The van der Waals surface area contributed by atoms with Gasteiger partial charge in [0, 0.05) is 37.7 Å². The number of carbonyl (C=O) groups excluding carboxylic acids is 1. The molecular weight excluding hydrogens is 344 g/mol. The summed E-state index contributed by atoms with van der Waals surface area (Å²) in [6.45, 7) is 2.63. The van der Waals surface area contributed by atoms with E-state index < -0.39 is 0 Å². The van der Waals surface area contributed by atoms with E-state index in [1.165, 1.54) is 12.8 Å². The minimum absolute atomic E-state index is 0.0790. The summed E-state index contributed by atoms with van der Waals surface area (Å²) in [4.78, 5) is 20.8. The van der Waals surface area contributed by atoms with E-state index in [1.54, 1.807) is 6.33 Å². The normalized spacial score (nSPS) is 20.8. The maximum Gasteiger partial charge on any atom is 0.241 e. The Hall–Kier alpha value is -2.90. The van der Waals surface area contributed by atoms with Crippen LogP contribution >= 0.6 is 0 Å².